The Labute approximate surface area is 155 Å². The molecule has 4 rings (SSSR count). The summed E-state index contributed by atoms with van der Waals surface area (Å²) >= 11 is 0. The number of aryl methyl sites for hydroxylation is 1. The van der Waals surface area contributed by atoms with Gasteiger partial charge in [-0.1, -0.05) is 42.0 Å². The number of carbonyl (C=O) groups excluding carboxylic acids is 1. The lowest BCUT2D eigenvalue weighted by Crippen LogP contribution is -2.10. The van der Waals surface area contributed by atoms with Crippen LogP contribution in [0.2, 0.25) is 0 Å². The average molecular weight is 359 g/mol. The second kappa shape index (κ2) is 6.68. The number of carbonyl (C=O) groups is 1. The number of benzene rings is 2. The normalized spacial score (nSPS) is 11.0. The summed E-state index contributed by atoms with van der Waals surface area (Å²) in [6, 6.07) is 16.5. The molecule has 0 unspecified atom stereocenters. The zero-order valence-corrected chi connectivity index (χ0v) is 15.0. The number of nitrogens with zero attached hydrogens (tertiary/aromatic N) is 1. The van der Waals surface area contributed by atoms with Crippen molar-refractivity contribution < 1.29 is 13.9 Å². The van der Waals surface area contributed by atoms with E-state index in [1.165, 1.54) is 0 Å². The molecule has 0 amide bonds. The third-order valence-corrected chi connectivity index (χ3v) is 4.39. The maximum Gasteiger partial charge on any atom is 0.356 e. The van der Waals surface area contributed by atoms with Crippen molar-refractivity contribution >= 4 is 27.8 Å². The number of fused-ring (bicyclic) bond motifs is 3. The highest BCUT2D eigenvalue weighted by atomic mass is 16.5. The number of ether oxygens (including phenoxy) is 1. The first-order valence-corrected chi connectivity index (χ1v) is 8.69. The first kappa shape index (κ1) is 17.0. The fourth-order valence-corrected chi connectivity index (χ4v) is 3.17. The zero-order chi connectivity index (χ0) is 19.0. The monoisotopic (exact) mass is 359 g/mol. The smallest absolute Gasteiger partial charge is 0.356 e. The minimum absolute atomic E-state index is 0.164. The fraction of sp³-hybridized carbons (Fsp3) is 0.136. The van der Waals surface area contributed by atoms with Gasteiger partial charge in [-0.25, -0.2) is 14.6 Å². The molecule has 5 nitrogen and oxygen atoms in total. The van der Waals surface area contributed by atoms with Crippen LogP contribution in [-0.2, 0) is 4.74 Å². The first-order chi connectivity index (χ1) is 13.1. The predicted molar refractivity (Wildman–Crippen MR) is 104 cm³/mol. The Morgan fingerprint density at radius 1 is 1.11 bits per heavy atom. The highest BCUT2D eigenvalue weighted by Crippen LogP contribution is 2.31. The molecule has 0 bridgehead atoms. The average Bonchev–Trinajstić information content (AvgIpc) is 2.68. The van der Waals surface area contributed by atoms with E-state index in [9.17, 15) is 9.59 Å². The Morgan fingerprint density at radius 3 is 2.63 bits per heavy atom. The van der Waals surface area contributed by atoms with Crippen LogP contribution in [0.15, 0.2) is 63.8 Å². The van der Waals surface area contributed by atoms with Crippen LogP contribution in [0.4, 0.5) is 0 Å². The summed E-state index contributed by atoms with van der Waals surface area (Å²) in [6.07, 6.45) is 0. The van der Waals surface area contributed by atoms with Crippen molar-refractivity contribution in [1.29, 1.82) is 0 Å². The molecule has 27 heavy (non-hydrogen) atoms. The van der Waals surface area contributed by atoms with Crippen molar-refractivity contribution in [3.8, 4) is 11.1 Å². The van der Waals surface area contributed by atoms with Crippen LogP contribution in [0, 0.1) is 6.92 Å². The number of pyridine rings is 1. The molecule has 2 aromatic heterocycles. The number of hydrogen-bond acceptors (Lipinski definition) is 5. The van der Waals surface area contributed by atoms with Gasteiger partial charge < -0.3 is 9.15 Å². The Kier molecular flexibility index (Phi) is 4.20. The second-order valence-electron chi connectivity index (χ2n) is 6.25. The topological polar surface area (TPSA) is 69.4 Å². The van der Waals surface area contributed by atoms with Crippen LogP contribution >= 0.6 is 0 Å². The molecule has 0 atom stereocenters. The molecule has 2 heterocycles. The number of aromatic nitrogens is 1. The van der Waals surface area contributed by atoms with E-state index in [-0.39, 0.29) is 12.3 Å². The summed E-state index contributed by atoms with van der Waals surface area (Å²) < 4.78 is 10.7. The van der Waals surface area contributed by atoms with E-state index in [1.807, 2.05) is 49.4 Å². The molecule has 2 aromatic carbocycles. The molecule has 0 aliphatic carbocycles. The van der Waals surface area contributed by atoms with E-state index in [2.05, 4.69) is 4.98 Å². The standard InChI is InChI=1S/C22H17NO4/c1-3-26-21(24)17-12-15(14-7-5-4-6-8-14)19-20(23-17)16-11-13(2)9-10-18(16)27-22(19)25/h4-12H,3H2,1-2H3. The molecule has 0 saturated carbocycles. The number of hydrogen-bond donors (Lipinski definition) is 0. The van der Waals surface area contributed by atoms with E-state index in [0.717, 1.165) is 11.1 Å². The van der Waals surface area contributed by atoms with Crippen molar-refractivity contribution in [1.82, 2.24) is 4.98 Å². The summed E-state index contributed by atoms with van der Waals surface area (Å²) in [7, 11) is 0. The minimum atomic E-state index is -0.523. The molecule has 0 spiro atoms. The second-order valence-corrected chi connectivity index (χ2v) is 6.25. The quantitative estimate of drug-likeness (QED) is 0.306. The van der Waals surface area contributed by atoms with Gasteiger partial charge in [-0.15, -0.1) is 0 Å². The summed E-state index contributed by atoms with van der Waals surface area (Å²) in [5.74, 6) is -0.523. The van der Waals surface area contributed by atoms with Gasteiger partial charge >= 0.3 is 11.6 Å². The van der Waals surface area contributed by atoms with E-state index in [1.54, 1.807) is 19.1 Å². The maximum absolute atomic E-state index is 12.8. The van der Waals surface area contributed by atoms with E-state index >= 15 is 0 Å². The lowest BCUT2D eigenvalue weighted by molar-refractivity contribution is 0.0520. The van der Waals surface area contributed by atoms with Gasteiger partial charge in [0.1, 0.15) is 11.3 Å². The van der Waals surface area contributed by atoms with Gasteiger partial charge in [0.25, 0.3) is 0 Å². The van der Waals surface area contributed by atoms with Crippen LogP contribution in [0.25, 0.3) is 33.0 Å². The third kappa shape index (κ3) is 2.97. The van der Waals surface area contributed by atoms with Gasteiger partial charge in [-0.05, 0) is 37.6 Å². The fourth-order valence-electron chi connectivity index (χ4n) is 3.17. The summed E-state index contributed by atoms with van der Waals surface area (Å²) in [5, 5.41) is 1.04. The Morgan fingerprint density at radius 2 is 1.89 bits per heavy atom. The largest absolute Gasteiger partial charge is 0.461 e. The number of esters is 1. The van der Waals surface area contributed by atoms with Crippen molar-refractivity contribution in [2.24, 2.45) is 0 Å². The van der Waals surface area contributed by atoms with Crippen molar-refractivity contribution in [2.45, 2.75) is 13.8 Å². The summed E-state index contributed by atoms with van der Waals surface area (Å²) in [5.41, 5.74) is 2.96. The molecule has 0 saturated heterocycles. The molecule has 0 N–H and O–H groups in total. The SMILES string of the molecule is CCOC(=O)c1cc(-c2ccccc2)c2c(=O)oc3ccc(C)cc3c2n1. The highest BCUT2D eigenvalue weighted by molar-refractivity contribution is 6.09. The zero-order valence-electron chi connectivity index (χ0n) is 15.0. The third-order valence-electron chi connectivity index (χ3n) is 4.39. The lowest BCUT2D eigenvalue weighted by Gasteiger charge is -2.11. The van der Waals surface area contributed by atoms with Crippen LogP contribution in [0.5, 0.6) is 0 Å². The van der Waals surface area contributed by atoms with E-state index < -0.39 is 11.6 Å². The van der Waals surface area contributed by atoms with Gasteiger partial charge in [0.15, 0.2) is 0 Å². The Balaban J connectivity index is 2.17. The van der Waals surface area contributed by atoms with Gasteiger partial charge in [0, 0.05) is 10.9 Å². The van der Waals surface area contributed by atoms with E-state index in [0.29, 0.717) is 27.4 Å². The van der Waals surface area contributed by atoms with E-state index in [4.69, 9.17) is 9.15 Å². The molecule has 0 radical (unpaired) electrons. The van der Waals surface area contributed by atoms with Gasteiger partial charge in [-0.2, -0.15) is 0 Å². The van der Waals surface area contributed by atoms with Crippen molar-refractivity contribution in [3.05, 3.63) is 76.3 Å². The molecule has 0 fully saturated rings. The highest BCUT2D eigenvalue weighted by Gasteiger charge is 2.19. The van der Waals surface area contributed by atoms with Crippen LogP contribution in [-0.4, -0.2) is 17.6 Å². The van der Waals surface area contributed by atoms with Gasteiger partial charge in [0.2, 0.25) is 0 Å². The summed E-state index contributed by atoms with van der Waals surface area (Å²) in [6.45, 7) is 3.93. The van der Waals surface area contributed by atoms with Crippen molar-refractivity contribution in [3.63, 3.8) is 0 Å². The van der Waals surface area contributed by atoms with Gasteiger partial charge in [0.05, 0.1) is 17.5 Å². The maximum atomic E-state index is 12.8. The summed E-state index contributed by atoms with van der Waals surface area (Å²) in [4.78, 5) is 29.6. The molecule has 0 aliphatic rings. The first-order valence-electron chi connectivity index (χ1n) is 8.69. The molecule has 5 heteroatoms. The molecule has 134 valence electrons. The van der Waals surface area contributed by atoms with Crippen LogP contribution < -0.4 is 5.63 Å². The molecular formula is C22H17NO4. The van der Waals surface area contributed by atoms with Crippen LogP contribution in [0.3, 0.4) is 0 Å². The van der Waals surface area contributed by atoms with Crippen molar-refractivity contribution in [2.75, 3.05) is 6.61 Å². The molecule has 4 aromatic rings. The Bertz CT molecular complexity index is 1230. The lowest BCUT2D eigenvalue weighted by atomic mass is 9.99. The van der Waals surface area contributed by atoms with Crippen LogP contribution in [0.1, 0.15) is 23.0 Å². The molecular weight excluding hydrogens is 342 g/mol. The van der Waals surface area contributed by atoms with Gasteiger partial charge in [-0.3, -0.25) is 0 Å². The predicted octanol–water partition coefficient (Wildman–Crippen LogP) is 4.49. The number of rotatable bonds is 3. The Hall–Kier alpha value is -3.47. The molecule has 0 aliphatic heterocycles. The minimum Gasteiger partial charge on any atom is -0.461 e.